The Hall–Kier alpha value is -0.650. The second kappa shape index (κ2) is 5.77. The van der Waals surface area contributed by atoms with Crippen molar-refractivity contribution in [3.8, 4) is 0 Å². The van der Waals surface area contributed by atoms with Crippen LogP contribution in [0.1, 0.15) is 24.8 Å². The molecule has 1 saturated heterocycles. The smallest absolute Gasteiger partial charge is 0.133 e. The van der Waals surface area contributed by atoms with Gasteiger partial charge >= 0.3 is 0 Å². The number of rotatable bonds is 3. The summed E-state index contributed by atoms with van der Waals surface area (Å²) in [6.07, 6.45) is 5.99. The molecule has 2 heterocycles. The number of hydrogen-bond acceptors (Lipinski definition) is 4. The van der Waals surface area contributed by atoms with Crippen molar-refractivity contribution in [2.45, 2.75) is 38.0 Å². The number of aromatic nitrogens is 1. The van der Waals surface area contributed by atoms with Gasteiger partial charge in [-0.2, -0.15) is 0 Å². The topological polar surface area (TPSA) is 37.4 Å². The van der Waals surface area contributed by atoms with Crippen LogP contribution in [0.15, 0.2) is 16.7 Å². The van der Waals surface area contributed by atoms with Crippen LogP contribution in [-0.4, -0.2) is 37.3 Å². The number of nitrogens with one attached hydrogen (secondary N) is 1. The molecule has 2 aliphatic rings. The van der Waals surface area contributed by atoms with Crippen molar-refractivity contribution >= 4 is 21.7 Å². The minimum atomic E-state index is 0.404. The molecular weight excluding hydrogens is 306 g/mol. The second-order valence-electron chi connectivity index (χ2n) is 5.27. The second-order valence-corrected chi connectivity index (χ2v) is 6.18. The van der Waals surface area contributed by atoms with Gasteiger partial charge in [0.15, 0.2) is 0 Å². The molecule has 0 amide bonds. The van der Waals surface area contributed by atoms with Gasteiger partial charge in [-0.1, -0.05) is 0 Å². The molecule has 1 aromatic rings. The van der Waals surface area contributed by atoms with E-state index in [1.54, 1.807) is 0 Å². The predicted octanol–water partition coefficient (Wildman–Crippen LogP) is 2.32. The molecule has 3 rings (SSSR count). The number of morpholine rings is 1. The Morgan fingerprint density at radius 1 is 1.53 bits per heavy atom. The molecule has 4 nitrogen and oxygen atoms in total. The molecule has 1 aliphatic heterocycles. The van der Waals surface area contributed by atoms with Crippen molar-refractivity contribution in [1.82, 2.24) is 10.3 Å². The largest absolute Gasteiger partial charge is 0.374 e. The SMILES string of the molecule is CNCc1cc(Br)cnc1N1CCOC2CCCC21. The van der Waals surface area contributed by atoms with E-state index in [1.807, 2.05) is 13.2 Å². The standard InChI is InChI=1S/C14H20BrN3O/c1-16-8-10-7-11(15)9-17-14(10)18-5-6-19-13-4-2-3-12(13)18/h7,9,12-13,16H,2-6,8H2,1H3. The molecule has 0 bridgehead atoms. The Morgan fingerprint density at radius 3 is 3.26 bits per heavy atom. The zero-order valence-corrected chi connectivity index (χ0v) is 12.8. The minimum Gasteiger partial charge on any atom is -0.374 e. The Bertz CT molecular complexity index is 454. The minimum absolute atomic E-state index is 0.404. The maximum absolute atomic E-state index is 5.88. The van der Waals surface area contributed by atoms with Gasteiger partial charge in [0.05, 0.1) is 18.8 Å². The van der Waals surface area contributed by atoms with Gasteiger partial charge in [-0.15, -0.1) is 0 Å². The van der Waals surface area contributed by atoms with Crippen molar-refractivity contribution in [2.75, 3.05) is 25.1 Å². The highest BCUT2D eigenvalue weighted by Gasteiger charge is 2.37. The lowest BCUT2D eigenvalue weighted by Crippen LogP contribution is -2.49. The quantitative estimate of drug-likeness (QED) is 0.925. The van der Waals surface area contributed by atoms with E-state index in [-0.39, 0.29) is 0 Å². The van der Waals surface area contributed by atoms with Gasteiger partial charge in [0.2, 0.25) is 0 Å². The Balaban J connectivity index is 1.91. The van der Waals surface area contributed by atoms with Crippen molar-refractivity contribution in [3.05, 3.63) is 22.3 Å². The molecule has 0 aromatic carbocycles. The monoisotopic (exact) mass is 325 g/mol. The molecule has 2 atom stereocenters. The lowest BCUT2D eigenvalue weighted by Gasteiger charge is -2.39. The van der Waals surface area contributed by atoms with Gasteiger partial charge in [-0.05, 0) is 48.3 Å². The molecule has 104 valence electrons. The highest BCUT2D eigenvalue weighted by Crippen LogP contribution is 2.34. The van der Waals surface area contributed by atoms with Gasteiger partial charge in [-0.25, -0.2) is 4.98 Å². The van der Waals surface area contributed by atoms with E-state index < -0.39 is 0 Å². The Kier molecular flexibility index (Phi) is 4.05. The third-order valence-corrected chi connectivity index (χ3v) is 4.46. The highest BCUT2D eigenvalue weighted by atomic mass is 79.9. The van der Waals surface area contributed by atoms with Gasteiger partial charge in [0, 0.05) is 29.3 Å². The van der Waals surface area contributed by atoms with Crippen LogP contribution in [0.25, 0.3) is 0 Å². The van der Waals surface area contributed by atoms with Crippen LogP contribution in [0.3, 0.4) is 0 Å². The summed E-state index contributed by atoms with van der Waals surface area (Å²) in [6.45, 7) is 2.61. The first-order valence-corrected chi connectivity index (χ1v) is 7.76. The molecule has 5 heteroatoms. The normalized spacial score (nSPS) is 26.5. The average molecular weight is 326 g/mol. The fourth-order valence-electron chi connectivity index (χ4n) is 3.24. The average Bonchev–Trinajstić information content (AvgIpc) is 2.88. The predicted molar refractivity (Wildman–Crippen MR) is 79.4 cm³/mol. The van der Waals surface area contributed by atoms with Crippen molar-refractivity contribution < 1.29 is 4.74 Å². The van der Waals surface area contributed by atoms with Crippen LogP contribution >= 0.6 is 15.9 Å². The number of halogens is 1. The summed E-state index contributed by atoms with van der Waals surface area (Å²) in [5.41, 5.74) is 1.25. The fourth-order valence-corrected chi connectivity index (χ4v) is 3.62. The lowest BCUT2D eigenvalue weighted by atomic mass is 10.1. The van der Waals surface area contributed by atoms with Crippen LogP contribution in [0.2, 0.25) is 0 Å². The van der Waals surface area contributed by atoms with E-state index in [2.05, 4.69) is 37.2 Å². The molecule has 1 aliphatic carbocycles. The Labute approximate surface area is 122 Å². The van der Waals surface area contributed by atoms with Crippen molar-refractivity contribution in [3.63, 3.8) is 0 Å². The van der Waals surface area contributed by atoms with E-state index in [9.17, 15) is 0 Å². The molecule has 1 N–H and O–H groups in total. The molecule has 2 unspecified atom stereocenters. The first-order chi connectivity index (χ1) is 9.29. The molecule has 1 aromatic heterocycles. The molecule has 0 spiro atoms. The molecule has 0 radical (unpaired) electrons. The number of ether oxygens (including phenoxy) is 1. The van der Waals surface area contributed by atoms with Crippen LogP contribution < -0.4 is 10.2 Å². The van der Waals surface area contributed by atoms with Gasteiger partial charge in [0.25, 0.3) is 0 Å². The third kappa shape index (κ3) is 2.64. The Morgan fingerprint density at radius 2 is 2.42 bits per heavy atom. The first kappa shape index (κ1) is 13.3. The summed E-state index contributed by atoms with van der Waals surface area (Å²) in [7, 11) is 1.97. The van der Waals surface area contributed by atoms with Gasteiger partial charge in [0.1, 0.15) is 5.82 Å². The summed E-state index contributed by atoms with van der Waals surface area (Å²) in [4.78, 5) is 7.12. The number of fused-ring (bicyclic) bond motifs is 1. The number of hydrogen-bond donors (Lipinski definition) is 1. The highest BCUT2D eigenvalue weighted by molar-refractivity contribution is 9.10. The lowest BCUT2D eigenvalue weighted by molar-refractivity contribution is 0.0252. The maximum atomic E-state index is 5.88. The van der Waals surface area contributed by atoms with Crippen molar-refractivity contribution in [1.29, 1.82) is 0 Å². The van der Waals surface area contributed by atoms with Gasteiger partial charge in [-0.3, -0.25) is 0 Å². The van der Waals surface area contributed by atoms with E-state index >= 15 is 0 Å². The van der Waals surface area contributed by atoms with Crippen molar-refractivity contribution in [2.24, 2.45) is 0 Å². The molecule has 1 saturated carbocycles. The number of nitrogens with zero attached hydrogens (tertiary/aromatic N) is 2. The third-order valence-electron chi connectivity index (χ3n) is 4.03. The van der Waals surface area contributed by atoms with E-state index in [4.69, 9.17) is 4.74 Å². The number of pyridine rings is 1. The van der Waals surface area contributed by atoms with E-state index in [1.165, 1.54) is 24.8 Å². The zero-order chi connectivity index (χ0) is 13.2. The number of anilines is 1. The van der Waals surface area contributed by atoms with E-state index in [0.29, 0.717) is 12.1 Å². The fraction of sp³-hybridized carbons (Fsp3) is 0.643. The molecule has 19 heavy (non-hydrogen) atoms. The summed E-state index contributed by atoms with van der Waals surface area (Å²) in [5, 5.41) is 3.23. The van der Waals surface area contributed by atoms with Crippen LogP contribution in [-0.2, 0) is 11.3 Å². The van der Waals surface area contributed by atoms with Crippen LogP contribution in [0.4, 0.5) is 5.82 Å². The summed E-state index contributed by atoms with van der Waals surface area (Å²) in [6, 6.07) is 2.68. The summed E-state index contributed by atoms with van der Waals surface area (Å²) in [5.74, 6) is 1.12. The molecular formula is C14H20BrN3O. The summed E-state index contributed by atoms with van der Waals surface area (Å²) < 4.78 is 6.92. The van der Waals surface area contributed by atoms with Crippen LogP contribution in [0, 0.1) is 0 Å². The molecule has 2 fully saturated rings. The van der Waals surface area contributed by atoms with Gasteiger partial charge < -0.3 is 15.0 Å². The summed E-state index contributed by atoms with van der Waals surface area (Å²) >= 11 is 3.51. The zero-order valence-electron chi connectivity index (χ0n) is 11.2. The first-order valence-electron chi connectivity index (χ1n) is 6.97. The maximum Gasteiger partial charge on any atom is 0.133 e. The van der Waals surface area contributed by atoms with Crippen LogP contribution in [0.5, 0.6) is 0 Å². The van der Waals surface area contributed by atoms with E-state index in [0.717, 1.165) is 30.0 Å².